The first-order valence-corrected chi connectivity index (χ1v) is 11.4. The number of hydrogen-bond acceptors (Lipinski definition) is 5. The third kappa shape index (κ3) is 8.06. The summed E-state index contributed by atoms with van der Waals surface area (Å²) in [4.78, 5) is 13.0. The lowest BCUT2D eigenvalue weighted by Gasteiger charge is -2.12. The highest BCUT2D eigenvalue weighted by molar-refractivity contribution is 7.99. The zero-order valence-electron chi connectivity index (χ0n) is 13.9. The van der Waals surface area contributed by atoms with Crippen LogP contribution in [-0.4, -0.2) is 55.8 Å². The second-order valence-electron chi connectivity index (χ2n) is 5.76. The fourth-order valence-corrected chi connectivity index (χ4v) is 5.08. The number of carbonyl (C=O) groups excluding carboxylic acids is 1. The normalized spacial score (nSPS) is 18.5. The maximum Gasteiger partial charge on any atom is 0.222 e. The average Bonchev–Trinajstić information content (AvgIpc) is 2.91. The van der Waals surface area contributed by atoms with Gasteiger partial charge in [-0.1, -0.05) is 18.2 Å². The predicted octanol–water partition coefficient (Wildman–Crippen LogP) is 0.936. The molecule has 1 heterocycles. The van der Waals surface area contributed by atoms with E-state index in [1.807, 2.05) is 18.2 Å². The van der Waals surface area contributed by atoms with Crippen molar-refractivity contribution >= 4 is 44.8 Å². The number of rotatable bonds is 8. The fraction of sp³-hybridized carbons (Fsp3) is 0.500. The second kappa shape index (κ2) is 9.98. The van der Waals surface area contributed by atoms with Crippen molar-refractivity contribution in [2.75, 3.05) is 30.3 Å². The number of sulfone groups is 1. The van der Waals surface area contributed by atoms with Gasteiger partial charge >= 0.3 is 0 Å². The Labute approximate surface area is 158 Å². The van der Waals surface area contributed by atoms with Crippen molar-refractivity contribution in [1.29, 1.82) is 0 Å². The first kappa shape index (κ1) is 20.0. The summed E-state index contributed by atoms with van der Waals surface area (Å²) in [5, 5.41) is 9.36. The largest absolute Gasteiger partial charge is 0.362 e. The van der Waals surface area contributed by atoms with E-state index in [0.29, 0.717) is 18.1 Å². The van der Waals surface area contributed by atoms with Crippen LogP contribution < -0.4 is 16.0 Å². The Kier molecular flexibility index (Phi) is 7.98. The van der Waals surface area contributed by atoms with Crippen molar-refractivity contribution < 1.29 is 13.2 Å². The van der Waals surface area contributed by atoms with Crippen molar-refractivity contribution in [3.8, 4) is 0 Å². The van der Waals surface area contributed by atoms with Gasteiger partial charge in [0, 0.05) is 36.2 Å². The van der Waals surface area contributed by atoms with Gasteiger partial charge in [0.2, 0.25) is 5.91 Å². The molecule has 1 aliphatic heterocycles. The summed E-state index contributed by atoms with van der Waals surface area (Å²) in [6.45, 7) is 1.15. The van der Waals surface area contributed by atoms with E-state index in [-0.39, 0.29) is 29.9 Å². The van der Waals surface area contributed by atoms with Crippen molar-refractivity contribution in [3.05, 3.63) is 30.3 Å². The van der Waals surface area contributed by atoms with Gasteiger partial charge in [0.15, 0.2) is 14.9 Å². The number of benzene rings is 1. The Bertz CT molecular complexity index is 680. The van der Waals surface area contributed by atoms with Crippen LogP contribution in [0.5, 0.6) is 0 Å². The molecule has 1 aromatic rings. The van der Waals surface area contributed by atoms with Gasteiger partial charge in [-0.15, -0.1) is 11.8 Å². The molecule has 3 N–H and O–H groups in total. The van der Waals surface area contributed by atoms with Crippen LogP contribution in [-0.2, 0) is 14.6 Å². The van der Waals surface area contributed by atoms with Gasteiger partial charge in [-0.25, -0.2) is 8.42 Å². The molecule has 0 aliphatic carbocycles. The Morgan fingerprint density at radius 1 is 1.20 bits per heavy atom. The number of nitrogens with one attached hydrogen (secondary N) is 3. The van der Waals surface area contributed by atoms with Crippen molar-refractivity contribution in [1.82, 2.24) is 16.0 Å². The van der Waals surface area contributed by atoms with Crippen molar-refractivity contribution in [2.45, 2.75) is 23.8 Å². The minimum absolute atomic E-state index is 0.0468. The molecule has 1 atom stereocenters. The first-order chi connectivity index (χ1) is 11.9. The Balaban J connectivity index is 1.51. The van der Waals surface area contributed by atoms with Crippen LogP contribution in [0.15, 0.2) is 35.2 Å². The summed E-state index contributed by atoms with van der Waals surface area (Å²) < 4.78 is 22.7. The zero-order valence-corrected chi connectivity index (χ0v) is 16.3. The molecule has 0 bridgehead atoms. The van der Waals surface area contributed by atoms with Crippen LogP contribution in [0.1, 0.15) is 12.8 Å². The molecule has 1 aromatic carbocycles. The SMILES string of the molecule is O=C(CCNC(=S)NCCSc1ccccc1)NC1CCS(=O)(=O)C1. The maximum absolute atomic E-state index is 11.8. The molecule has 1 fully saturated rings. The van der Waals surface area contributed by atoms with Gasteiger partial charge < -0.3 is 16.0 Å². The highest BCUT2D eigenvalue weighted by atomic mass is 32.2. The molecule has 2 rings (SSSR count). The van der Waals surface area contributed by atoms with Gasteiger partial charge in [0.1, 0.15) is 0 Å². The van der Waals surface area contributed by atoms with Crippen LogP contribution in [0.3, 0.4) is 0 Å². The summed E-state index contributed by atoms with van der Waals surface area (Å²) in [6, 6.07) is 9.88. The number of amides is 1. The van der Waals surface area contributed by atoms with E-state index < -0.39 is 9.84 Å². The molecule has 0 spiro atoms. The van der Waals surface area contributed by atoms with Crippen molar-refractivity contribution in [2.24, 2.45) is 0 Å². The summed E-state index contributed by atoms with van der Waals surface area (Å²) in [6.07, 6.45) is 0.762. The predicted molar refractivity (Wildman–Crippen MR) is 106 cm³/mol. The fourth-order valence-electron chi connectivity index (χ4n) is 2.41. The average molecular weight is 402 g/mol. The van der Waals surface area contributed by atoms with E-state index in [1.54, 1.807) is 11.8 Å². The van der Waals surface area contributed by atoms with Crippen LogP contribution in [0.2, 0.25) is 0 Å². The van der Waals surface area contributed by atoms with Crippen molar-refractivity contribution in [3.63, 3.8) is 0 Å². The first-order valence-electron chi connectivity index (χ1n) is 8.14. The zero-order chi connectivity index (χ0) is 18.1. The molecule has 0 aromatic heterocycles. The number of thiocarbonyl (C=S) groups is 1. The lowest BCUT2D eigenvalue weighted by atomic mass is 10.2. The highest BCUT2D eigenvalue weighted by Crippen LogP contribution is 2.15. The van der Waals surface area contributed by atoms with E-state index in [9.17, 15) is 13.2 Å². The molecule has 9 heteroatoms. The number of carbonyl (C=O) groups is 1. The third-order valence-corrected chi connectivity index (χ3v) is 6.71. The lowest BCUT2D eigenvalue weighted by Crippen LogP contribution is -2.40. The number of hydrogen-bond donors (Lipinski definition) is 3. The highest BCUT2D eigenvalue weighted by Gasteiger charge is 2.28. The van der Waals surface area contributed by atoms with E-state index >= 15 is 0 Å². The van der Waals surface area contributed by atoms with Gasteiger partial charge in [0.25, 0.3) is 0 Å². The van der Waals surface area contributed by atoms with E-state index in [0.717, 1.165) is 12.3 Å². The lowest BCUT2D eigenvalue weighted by molar-refractivity contribution is -0.121. The summed E-state index contributed by atoms with van der Waals surface area (Å²) >= 11 is 6.91. The van der Waals surface area contributed by atoms with Crippen LogP contribution in [0.4, 0.5) is 0 Å². The third-order valence-electron chi connectivity index (χ3n) is 3.63. The Hall–Kier alpha value is -1.32. The number of thioether (sulfide) groups is 1. The van der Waals surface area contributed by atoms with E-state index in [2.05, 4.69) is 28.1 Å². The minimum atomic E-state index is -2.97. The Morgan fingerprint density at radius 2 is 1.92 bits per heavy atom. The molecule has 1 saturated heterocycles. The van der Waals surface area contributed by atoms with Crippen LogP contribution in [0.25, 0.3) is 0 Å². The minimum Gasteiger partial charge on any atom is -0.362 e. The molecular formula is C16H23N3O3S3. The van der Waals surface area contributed by atoms with Gasteiger partial charge in [-0.05, 0) is 30.8 Å². The quantitative estimate of drug-likeness (QED) is 0.339. The molecular weight excluding hydrogens is 378 g/mol. The van der Waals surface area contributed by atoms with Crippen LogP contribution in [0, 0.1) is 0 Å². The topological polar surface area (TPSA) is 87.3 Å². The van der Waals surface area contributed by atoms with Crippen LogP contribution >= 0.6 is 24.0 Å². The summed E-state index contributed by atoms with van der Waals surface area (Å²) in [5.41, 5.74) is 0. The smallest absolute Gasteiger partial charge is 0.222 e. The molecule has 1 aliphatic rings. The van der Waals surface area contributed by atoms with Gasteiger partial charge in [-0.2, -0.15) is 0 Å². The van der Waals surface area contributed by atoms with E-state index in [1.165, 1.54) is 4.90 Å². The second-order valence-corrected chi connectivity index (χ2v) is 9.57. The van der Waals surface area contributed by atoms with Gasteiger partial charge in [-0.3, -0.25) is 4.79 Å². The standard InChI is InChI=1S/C16H23N3O3S3/c20-15(19-13-7-11-25(21,22)12-13)6-8-17-16(23)18-9-10-24-14-4-2-1-3-5-14/h1-5,13H,6-12H2,(H,19,20)(H2,17,18,23). The maximum atomic E-state index is 11.8. The van der Waals surface area contributed by atoms with E-state index in [4.69, 9.17) is 12.2 Å². The molecule has 25 heavy (non-hydrogen) atoms. The molecule has 1 amide bonds. The molecule has 138 valence electrons. The molecule has 1 unspecified atom stereocenters. The molecule has 0 saturated carbocycles. The molecule has 0 radical (unpaired) electrons. The van der Waals surface area contributed by atoms with Gasteiger partial charge in [0.05, 0.1) is 11.5 Å². The Morgan fingerprint density at radius 3 is 2.60 bits per heavy atom. The monoisotopic (exact) mass is 401 g/mol. The summed E-state index contributed by atoms with van der Waals surface area (Å²) in [7, 11) is -2.97. The molecule has 6 nitrogen and oxygen atoms in total. The summed E-state index contributed by atoms with van der Waals surface area (Å²) in [5.74, 6) is 0.941.